The van der Waals surface area contributed by atoms with Crippen LogP contribution in [-0.4, -0.2) is 31.4 Å². The van der Waals surface area contributed by atoms with E-state index in [0.29, 0.717) is 17.3 Å². The second kappa shape index (κ2) is 8.99. The van der Waals surface area contributed by atoms with Crippen LogP contribution in [0, 0.1) is 6.92 Å². The van der Waals surface area contributed by atoms with E-state index in [1.54, 1.807) is 7.11 Å². The molecule has 1 aliphatic rings. The molecule has 1 N–H and O–H groups in total. The van der Waals surface area contributed by atoms with Crippen LogP contribution in [0.25, 0.3) is 0 Å². The number of para-hydroxylation sites is 1. The molecule has 0 unspecified atom stereocenters. The van der Waals surface area contributed by atoms with Crippen LogP contribution in [0.2, 0.25) is 0 Å². The van der Waals surface area contributed by atoms with Gasteiger partial charge in [-0.15, -0.1) is 0 Å². The molecule has 0 fully saturated rings. The van der Waals surface area contributed by atoms with Gasteiger partial charge in [-0.25, -0.2) is 4.79 Å². The zero-order valence-electron chi connectivity index (χ0n) is 16.3. The van der Waals surface area contributed by atoms with Gasteiger partial charge in [-0.2, -0.15) is 0 Å². The van der Waals surface area contributed by atoms with Crippen molar-refractivity contribution in [2.45, 2.75) is 19.9 Å². The van der Waals surface area contributed by atoms with Crippen LogP contribution < -0.4 is 10.2 Å². The van der Waals surface area contributed by atoms with Gasteiger partial charge in [0.05, 0.1) is 18.2 Å². The maximum atomic E-state index is 13.0. The van der Waals surface area contributed by atoms with Crippen molar-refractivity contribution in [3.8, 4) is 0 Å². The highest BCUT2D eigenvalue weighted by atomic mass is 32.1. The highest BCUT2D eigenvalue weighted by Crippen LogP contribution is 2.35. The van der Waals surface area contributed by atoms with E-state index < -0.39 is 0 Å². The summed E-state index contributed by atoms with van der Waals surface area (Å²) in [4.78, 5) is 14.9. The summed E-state index contributed by atoms with van der Waals surface area (Å²) in [6, 6.07) is 17.3. The zero-order chi connectivity index (χ0) is 20.1. The average molecular weight is 397 g/mol. The lowest BCUT2D eigenvalue weighted by Crippen LogP contribution is -2.48. The molecule has 0 bridgehead atoms. The summed E-state index contributed by atoms with van der Waals surface area (Å²) in [5, 5.41) is 3.89. The van der Waals surface area contributed by atoms with E-state index in [-0.39, 0.29) is 18.6 Å². The van der Waals surface area contributed by atoms with Gasteiger partial charge in [0.25, 0.3) is 0 Å². The summed E-state index contributed by atoms with van der Waals surface area (Å²) in [6.07, 6.45) is 0. The van der Waals surface area contributed by atoms with Crippen molar-refractivity contribution >= 4 is 29.0 Å². The zero-order valence-corrected chi connectivity index (χ0v) is 17.1. The van der Waals surface area contributed by atoms with Crippen molar-refractivity contribution in [2.75, 3.05) is 25.2 Å². The third-order valence-electron chi connectivity index (χ3n) is 4.74. The third-order valence-corrected chi connectivity index (χ3v) is 5.04. The molecule has 0 saturated carbocycles. The van der Waals surface area contributed by atoms with Crippen LogP contribution in [0.15, 0.2) is 65.9 Å². The Labute approximate surface area is 170 Å². The minimum absolute atomic E-state index is 0.197. The molecule has 28 heavy (non-hydrogen) atoms. The summed E-state index contributed by atoms with van der Waals surface area (Å²) in [5.41, 5.74) is 4.26. The maximum Gasteiger partial charge on any atom is 0.338 e. The number of hydrogen-bond acceptors (Lipinski definition) is 4. The summed E-state index contributed by atoms with van der Waals surface area (Å²) in [7, 11) is 1.58. The van der Waals surface area contributed by atoms with Crippen molar-refractivity contribution in [3.05, 3.63) is 77.0 Å². The van der Waals surface area contributed by atoms with Gasteiger partial charge in [0.2, 0.25) is 0 Å². The van der Waals surface area contributed by atoms with Gasteiger partial charge in [-0.1, -0.05) is 42.5 Å². The SMILES string of the molecule is COCCOC(=O)C1=C(C)N(c2ccccc2)C(=S)N[C@H]1c1ccccc1C. The number of rotatable bonds is 6. The number of carbonyl (C=O) groups is 1. The number of esters is 1. The second-order valence-corrected chi connectivity index (χ2v) is 6.92. The van der Waals surface area contributed by atoms with Gasteiger partial charge in [-0.05, 0) is 49.3 Å². The minimum atomic E-state index is -0.376. The van der Waals surface area contributed by atoms with Crippen LogP contribution >= 0.6 is 12.2 Å². The lowest BCUT2D eigenvalue weighted by molar-refractivity contribution is -0.140. The Morgan fingerprint density at radius 2 is 1.75 bits per heavy atom. The number of thiocarbonyl (C=S) groups is 1. The summed E-state index contributed by atoms with van der Waals surface area (Å²) < 4.78 is 10.5. The molecule has 0 spiro atoms. The van der Waals surface area contributed by atoms with Gasteiger partial charge < -0.3 is 14.8 Å². The number of hydrogen-bond donors (Lipinski definition) is 1. The predicted molar refractivity (Wildman–Crippen MR) is 114 cm³/mol. The first-order valence-electron chi connectivity index (χ1n) is 9.12. The molecule has 146 valence electrons. The summed E-state index contributed by atoms with van der Waals surface area (Å²) in [6.45, 7) is 4.47. The number of benzene rings is 2. The smallest absolute Gasteiger partial charge is 0.338 e. The van der Waals surface area contributed by atoms with Crippen molar-refractivity contribution in [1.29, 1.82) is 0 Å². The highest BCUT2D eigenvalue weighted by Gasteiger charge is 2.35. The molecule has 1 aliphatic heterocycles. The van der Waals surface area contributed by atoms with E-state index in [1.165, 1.54) is 0 Å². The molecule has 0 aliphatic carbocycles. The average Bonchev–Trinajstić information content (AvgIpc) is 2.69. The number of anilines is 1. The molecule has 0 saturated heterocycles. The Balaban J connectivity index is 2.08. The van der Waals surface area contributed by atoms with Crippen LogP contribution in [-0.2, 0) is 14.3 Å². The molecule has 6 heteroatoms. The standard InChI is InChI=1S/C22H24N2O3S/c1-15-9-7-8-12-18(15)20-19(21(25)27-14-13-26-3)16(2)24(22(28)23-20)17-10-5-4-6-11-17/h4-12,20H,13-14H2,1-3H3,(H,23,28)/t20-/m0/s1. The van der Waals surface area contributed by atoms with E-state index in [1.807, 2.05) is 73.3 Å². The molecule has 0 amide bonds. The number of aryl methyl sites for hydroxylation is 1. The number of allylic oxidation sites excluding steroid dienone is 1. The van der Waals surface area contributed by atoms with E-state index in [2.05, 4.69) is 5.32 Å². The fourth-order valence-corrected chi connectivity index (χ4v) is 3.69. The van der Waals surface area contributed by atoms with Crippen LogP contribution in [0.4, 0.5) is 5.69 Å². The molecule has 0 radical (unpaired) electrons. The van der Waals surface area contributed by atoms with E-state index in [4.69, 9.17) is 21.7 Å². The van der Waals surface area contributed by atoms with Gasteiger partial charge in [-0.3, -0.25) is 4.90 Å². The number of nitrogens with one attached hydrogen (secondary N) is 1. The Morgan fingerprint density at radius 1 is 1.07 bits per heavy atom. The molecule has 2 aromatic carbocycles. The van der Waals surface area contributed by atoms with Gasteiger partial charge >= 0.3 is 5.97 Å². The van der Waals surface area contributed by atoms with Crippen molar-refractivity contribution in [3.63, 3.8) is 0 Å². The second-order valence-electron chi connectivity index (χ2n) is 6.54. The Morgan fingerprint density at radius 3 is 2.43 bits per heavy atom. The number of ether oxygens (including phenoxy) is 2. The van der Waals surface area contributed by atoms with E-state index in [0.717, 1.165) is 22.5 Å². The summed E-state index contributed by atoms with van der Waals surface area (Å²) in [5.74, 6) is -0.376. The Hall–Kier alpha value is -2.70. The molecule has 2 aromatic rings. The molecule has 1 atom stereocenters. The first-order chi connectivity index (χ1) is 13.5. The molecule has 3 rings (SSSR count). The normalized spacial score (nSPS) is 16.8. The van der Waals surface area contributed by atoms with Gasteiger partial charge in [0.15, 0.2) is 5.11 Å². The van der Waals surface area contributed by atoms with Crippen LogP contribution in [0.5, 0.6) is 0 Å². The first-order valence-corrected chi connectivity index (χ1v) is 9.53. The molecular weight excluding hydrogens is 372 g/mol. The predicted octanol–water partition coefficient (Wildman–Crippen LogP) is 3.89. The largest absolute Gasteiger partial charge is 0.460 e. The molecule has 1 heterocycles. The first kappa shape index (κ1) is 20.0. The fourth-order valence-electron chi connectivity index (χ4n) is 3.33. The van der Waals surface area contributed by atoms with Crippen molar-refractivity contribution in [2.24, 2.45) is 0 Å². The number of methoxy groups -OCH3 is 1. The maximum absolute atomic E-state index is 13.0. The number of carbonyl (C=O) groups excluding carboxylic acids is 1. The van der Waals surface area contributed by atoms with Gasteiger partial charge in [0, 0.05) is 18.5 Å². The summed E-state index contributed by atoms with van der Waals surface area (Å²) >= 11 is 5.66. The molecular formula is C22H24N2O3S. The van der Waals surface area contributed by atoms with Crippen molar-refractivity contribution in [1.82, 2.24) is 5.32 Å². The lowest BCUT2D eigenvalue weighted by Gasteiger charge is -2.38. The minimum Gasteiger partial charge on any atom is -0.460 e. The molecule has 5 nitrogen and oxygen atoms in total. The van der Waals surface area contributed by atoms with E-state index >= 15 is 0 Å². The van der Waals surface area contributed by atoms with Gasteiger partial charge in [0.1, 0.15) is 6.61 Å². The van der Waals surface area contributed by atoms with Crippen LogP contribution in [0.1, 0.15) is 24.1 Å². The lowest BCUT2D eigenvalue weighted by atomic mass is 9.92. The molecule has 0 aromatic heterocycles. The Bertz CT molecular complexity index is 896. The number of nitrogens with zero attached hydrogens (tertiary/aromatic N) is 1. The quantitative estimate of drug-likeness (QED) is 0.454. The fraction of sp³-hybridized carbons (Fsp3) is 0.273. The highest BCUT2D eigenvalue weighted by molar-refractivity contribution is 7.80. The monoisotopic (exact) mass is 396 g/mol. The Kier molecular flexibility index (Phi) is 6.44. The van der Waals surface area contributed by atoms with E-state index in [9.17, 15) is 4.79 Å². The van der Waals surface area contributed by atoms with Crippen molar-refractivity contribution < 1.29 is 14.3 Å². The van der Waals surface area contributed by atoms with Crippen LogP contribution in [0.3, 0.4) is 0 Å². The third kappa shape index (κ3) is 4.08. The topological polar surface area (TPSA) is 50.8 Å².